The number of nitrogens with zero attached hydrogens (tertiary/aromatic N) is 4. The van der Waals surface area contributed by atoms with Gasteiger partial charge < -0.3 is 10.5 Å². The van der Waals surface area contributed by atoms with E-state index in [2.05, 4.69) is 15.5 Å². The summed E-state index contributed by atoms with van der Waals surface area (Å²) in [5.41, 5.74) is 5.18. The molecule has 94 valence electrons. The molecule has 0 aliphatic carbocycles. The van der Waals surface area contributed by atoms with Gasteiger partial charge in [0.25, 0.3) is 0 Å². The van der Waals surface area contributed by atoms with Crippen LogP contribution in [0.3, 0.4) is 0 Å². The minimum Gasteiger partial charge on any atom is -0.439 e. The van der Waals surface area contributed by atoms with Crippen molar-refractivity contribution in [3.8, 4) is 0 Å². The maximum absolute atomic E-state index is 13.6. The first-order valence-corrected chi connectivity index (χ1v) is 5.08. The first-order valence-electron chi connectivity index (χ1n) is 5.08. The molecule has 0 saturated carbocycles. The zero-order chi connectivity index (χ0) is 13.0. The summed E-state index contributed by atoms with van der Waals surface area (Å²) in [5, 5.41) is 10.5. The third-order valence-corrected chi connectivity index (χ3v) is 2.25. The monoisotopic (exact) mass is 251 g/mol. The standard InChI is InChI=1S/C10H10FN5O2/c11-8-4-2-1-3-7(8)9(18-10(12)17)5-16-6-13-14-15-16/h1-4,6,9H,5H2,(H2,12,17). The summed E-state index contributed by atoms with van der Waals surface area (Å²) >= 11 is 0. The maximum atomic E-state index is 13.6. The highest BCUT2D eigenvalue weighted by Gasteiger charge is 2.20. The molecule has 1 heterocycles. The van der Waals surface area contributed by atoms with Gasteiger partial charge in [-0.25, -0.2) is 13.9 Å². The number of tetrazole rings is 1. The molecule has 1 aromatic carbocycles. The summed E-state index contributed by atoms with van der Waals surface area (Å²) in [7, 11) is 0. The van der Waals surface area contributed by atoms with Crippen LogP contribution >= 0.6 is 0 Å². The number of nitrogens with two attached hydrogens (primary N) is 1. The smallest absolute Gasteiger partial charge is 0.405 e. The number of hydrogen-bond donors (Lipinski definition) is 1. The van der Waals surface area contributed by atoms with Gasteiger partial charge in [-0.1, -0.05) is 18.2 Å². The average molecular weight is 251 g/mol. The summed E-state index contributed by atoms with van der Waals surface area (Å²) < 4.78 is 19.8. The van der Waals surface area contributed by atoms with Crippen molar-refractivity contribution in [3.05, 3.63) is 42.0 Å². The normalized spacial score (nSPS) is 12.1. The number of ether oxygens (including phenoxy) is 1. The van der Waals surface area contributed by atoms with Gasteiger partial charge in [0.05, 0.1) is 6.54 Å². The van der Waals surface area contributed by atoms with E-state index in [1.54, 1.807) is 6.07 Å². The van der Waals surface area contributed by atoms with Crippen molar-refractivity contribution in [1.82, 2.24) is 20.2 Å². The lowest BCUT2D eigenvalue weighted by atomic mass is 10.1. The molecule has 0 bridgehead atoms. The highest BCUT2D eigenvalue weighted by atomic mass is 19.1. The molecular formula is C10H10FN5O2. The zero-order valence-electron chi connectivity index (χ0n) is 9.23. The summed E-state index contributed by atoms with van der Waals surface area (Å²) in [5.74, 6) is -0.489. The van der Waals surface area contributed by atoms with E-state index in [0.29, 0.717) is 0 Å². The largest absolute Gasteiger partial charge is 0.439 e. The molecule has 0 aliphatic heterocycles. The van der Waals surface area contributed by atoms with E-state index >= 15 is 0 Å². The Morgan fingerprint density at radius 3 is 2.89 bits per heavy atom. The van der Waals surface area contributed by atoms with E-state index in [-0.39, 0.29) is 12.1 Å². The Hall–Kier alpha value is -2.51. The fraction of sp³-hybridized carbons (Fsp3) is 0.200. The van der Waals surface area contributed by atoms with Crippen molar-refractivity contribution in [1.29, 1.82) is 0 Å². The Morgan fingerprint density at radius 2 is 2.28 bits per heavy atom. The molecule has 1 atom stereocenters. The van der Waals surface area contributed by atoms with Crippen LogP contribution in [0.25, 0.3) is 0 Å². The second-order valence-corrected chi connectivity index (χ2v) is 3.48. The van der Waals surface area contributed by atoms with Crippen molar-refractivity contribution in [2.24, 2.45) is 5.73 Å². The number of hydrogen-bond acceptors (Lipinski definition) is 5. The third-order valence-electron chi connectivity index (χ3n) is 2.25. The second-order valence-electron chi connectivity index (χ2n) is 3.48. The van der Waals surface area contributed by atoms with Gasteiger partial charge in [0.1, 0.15) is 12.1 Å². The molecule has 1 amide bonds. The Kier molecular flexibility index (Phi) is 3.46. The molecule has 18 heavy (non-hydrogen) atoms. The van der Waals surface area contributed by atoms with Crippen LogP contribution < -0.4 is 5.73 Å². The van der Waals surface area contributed by atoms with Crippen molar-refractivity contribution in [2.75, 3.05) is 0 Å². The summed E-state index contributed by atoms with van der Waals surface area (Å²) in [6.07, 6.45) is -0.540. The van der Waals surface area contributed by atoms with Crippen molar-refractivity contribution in [2.45, 2.75) is 12.6 Å². The highest BCUT2D eigenvalue weighted by Crippen LogP contribution is 2.21. The lowest BCUT2D eigenvalue weighted by Crippen LogP contribution is -2.22. The fourth-order valence-electron chi connectivity index (χ4n) is 1.51. The van der Waals surface area contributed by atoms with Crippen molar-refractivity contribution in [3.63, 3.8) is 0 Å². The van der Waals surface area contributed by atoms with E-state index in [4.69, 9.17) is 10.5 Å². The van der Waals surface area contributed by atoms with Crippen LogP contribution in [0.2, 0.25) is 0 Å². The lowest BCUT2D eigenvalue weighted by molar-refractivity contribution is 0.0908. The van der Waals surface area contributed by atoms with Gasteiger partial charge in [-0.15, -0.1) is 5.10 Å². The Morgan fingerprint density at radius 1 is 1.50 bits per heavy atom. The first kappa shape index (κ1) is 12.0. The summed E-state index contributed by atoms with van der Waals surface area (Å²) in [6.45, 7) is 0.0802. The average Bonchev–Trinajstić information content (AvgIpc) is 2.81. The zero-order valence-corrected chi connectivity index (χ0v) is 9.23. The molecule has 0 aliphatic rings. The number of aromatic nitrogens is 4. The van der Waals surface area contributed by atoms with Crippen LogP contribution in [0.1, 0.15) is 11.7 Å². The summed E-state index contributed by atoms with van der Waals surface area (Å²) in [4.78, 5) is 10.8. The van der Waals surface area contributed by atoms with Crippen LogP contribution in [-0.2, 0) is 11.3 Å². The number of benzene rings is 1. The van der Waals surface area contributed by atoms with Crippen LogP contribution in [0.4, 0.5) is 9.18 Å². The summed E-state index contributed by atoms with van der Waals surface area (Å²) in [6, 6.07) is 5.95. The first-order chi connectivity index (χ1) is 8.66. The second kappa shape index (κ2) is 5.21. The molecular weight excluding hydrogens is 241 g/mol. The van der Waals surface area contributed by atoms with E-state index in [1.165, 1.54) is 29.2 Å². The third kappa shape index (κ3) is 2.78. The van der Waals surface area contributed by atoms with E-state index < -0.39 is 18.0 Å². The molecule has 2 N–H and O–H groups in total. The topological polar surface area (TPSA) is 95.9 Å². The molecule has 2 aromatic rings. The number of rotatable bonds is 4. The quantitative estimate of drug-likeness (QED) is 0.860. The molecule has 8 heteroatoms. The minimum absolute atomic E-state index is 0.0802. The highest BCUT2D eigenvalue weighted by molar-refractivity contribution is 5.65. The van der Waals surface area contributed by atoms with E-state index in [1.807, 2.05) is 0 Å². The van der Waals surface area contributed by atoms with Crippen molar-refractivity contribution >= 4 is 6.09 Å². The van der Waals surface area contributed by atoms with Crippen molar-refractivity contribution < 1.29 is 13.9 Å². The number of amides is 1. The Balaban J connectivity index is 2.25. The molecule has 0 spiro atoms. The van der Waals surface area contributed by atoms with Gasteiger partial charge in [0.2, 0.25) is 0 Å². The Bertz CT molecular complexity index is 531. The molecule has 2 rings (SSSR count). The van der Waals surface area contributed by atoms with E-state index in [9.17, 15) is 9.18 Å². The van der Waals surface area contributed by atoms with Crippen LogP contribution in [0.15, 0.2) is 30.6 Å². The van der Waals surface area contributed by atoms with Gasteiger partial charge in [-0.3, -0.25) is 0 Å². The van der Waals surface area contributed by atoms with Crippen LogP contribution in [-0.4, -0.2) is 26.3 Å². The van der Waals surface area contributed by atoms with Gasteiger partial charge in [0, 0.05) is 5.56 Å². The number of primary amides is 1. The number of halogens is 1. The van der Waals surface area contributed by atoms with Gasteiger partial charge in [0.15, 0.2) is 6.10 Å². The van der Waals surface area contributed by atoms with Crippen LogP contribution in [0.5, 0.6) is 0 Å². The maximum Gasteiger partial charge on any atom is 0.405 e. The molecule has 1 unspecified atom stereocenters. The fourth-order valence-corrected chi connectivity index (χ4v) is 1.51. The molecule has 1 aromatic heterocycles. The molecule has 0 radical (unpaired) electrons. The number of carbonyl (C=O) groups excluding carboxylic acids is 1. The van der Waals surface area contributed by atoms with Gasteiger partial charge in [-0.2, -0.15) is 0 Å². The SMILES string of the molecule is NC(=O)OC(Cn1cnnn1)c1ccccc1F. The predicted molar refractivity (Wildman–Crippen MR) is 57.6 cm³/mol. The number of carbonyl (C=O) groups is 1. The molecule has 0 fully saturated rings. The lowest BCUT2D eigenvalue weighted by Gasteiger charge is -2.16. The predicted octanol–water partition coefficient (Wildman–Crippen LogP) is 0.649. The van der Waals surface area contributed by atoms with Gasteiger partial charge in [-0.05, 0) is 16.5 Å². The van der Waals surface area contributed by atoms with E-state index in [0.717, 1.165) is 0 Å². The van der Waals surface area contributed by atoms with Gasteiger partial charge >= 0.3 is 6.09 Å². The molecule has 0 saturated heterocycles. The minimum atomic E-state index is -0.990. The Labute approximate surface area is 101 Å². The van der Waals surface area contributed by atoms with Crippen LogP contribution in [0, 0.1) is 5.82 Å². The molecule has 7 nitrogen and oxygen atoms in total.